The largest absolute Gasteiger partial charge is 0.475 e. The highest BCUT2D eigenvalue weighted by molar-refractivity contribution is 5.79. The van der Waals surface area contributed by atoms with Gasteiger partial charge in [0.05, 0.1) is 38.5 Å². The predicted octanol–water partition coefficient (Wildman–Crippen LogP) is 0.647. The van der Waals surface area contributed by atoms with Crippen LogP contribution in [-0.4, -0.2) is 71.4 Å². The zero-order valence-corrected chi connectivity index (χ0v) is 17.6. The molecule has 2 amide bonds. The number of hydrogen-bond donors (Lipinski definition) is 3. The van der Waals surface area contributed by atoms with Crippen molar-refractivity contribution < 1.29 is 24.2 Å². The summed E-state index contributed by atoms with van der Waals surface area (Å²) in [4.78, 5) is 23.5. The molecule has 1 aromatic heterocycles. The first-order chi connectivity index (χ1) is 14.1. The number of hydrogen-bond acceptors (Lipinski definition) is 7. The molecule has 1 atom stereocenters. The van der Waals surface area contributed by atoms with E-state index in [-0.39, 0.29) is 51.0 Å². The lowest BCUT2D eigenvalue weighted by atomic mass is 10.1. The lowest BCUT2D eigenvalue weighted by Crippen LogP contribution is -2.41. The highest BCUT2D eigenvalue weighted by atomic mass is 16.5. The Kier molecular flexibility index (Phi) is 13.4. The molecule has 29 heavy (non-hydrogen) atoms. The molecule has 1 heterocycles. The molecule has 10 heteroatoms. The van der Waals surface area contributed by atoms with Crippen molar-refractivity contribution in [3.05, 3.63) is 6.20 Å². The first-order valence-corrected chi connectivity index (χ1v) is 10.3. The fourth-order valence-electron chi connectivity index (χ4n) is 2.63. The summed E-state index contributed by atoms with van der Waals surface area (Å²) in [5.41, 5.74) is 0. The third kappa shape index (κ3) is 12.1. The Labute approximate surface area is 172 Å². The van der Waals surface area contributed by atoms with Crippen LogP contribution in [0, 0.1) is 0 Å². The SMILES string of the molecule is CCCCCCCn1cc(OCCC(=O)NCCC(=O)NC(CO)COC)nn1. The number of methoxy groups -OCH3 is 1. The van der Waals surface area contributed by atoms with Gasteiger partial charge in [0.15, 0.2) is 0 Å². The van der Waals surface area contributed by atoms with Crippen molar-refractivity contribution in [1.29, 1.82) is 0 Å². The number of nitrogens with one attached hydrogen (secondary N) is 2. The van der Waals surface area contributed by atoms with E-state index in [0.717, 1.165) is 13.0 Å². The van der Waals surface area contributed by atoms with Gasteiger partial charge in [0.2, 0.25) is 11.8 Å². The summed E-state index contributed by atoms with van der Waals surface area (Å²) in [6, 6.07) is -0.443. The van der Waals surface area contributed by atoms with Crippen LogP contribution in [0.5, 0.6) is 5.88 Å². The van der Waals surface area contributed by atoms with Crippen LogP contribution in [0.3, 0.4) is 0 Å². The molecule has 0 aliphatic rings. The van der Waals surface area contributed by atoms with Crippen molar-refractivity contribution in [2.75, 3.05) is 33.5 Å². The number of aliphatic hydroxyl groups excluding tert-OH is 1. The fourth-order valence-corrected chi connectivity index (χ4v) is 2.63. The number of rotatable bonds is 17. The summed E-state index contributed by atoms with van der Waals surface area (Å²) in [6.45, 7) is 3.43. The maximum Gasteiger partial charge on any atom is 0.253 e. The summed E-state index contributed by atoms with van der Waals surface area (Å²) in [7, 11) is 1.49. The molecule has 0 spiro atoms. The maximum absolute atomic E-state index is 11.8. The first kappa shape index (κ1) is 24.8. The third-order valence-corrected chi connectivity index (χ3v) is 4.22. The summed E-state index contributed by atoms with van der Waals surface area (Å²) in [6.07, 6.45) is 7.97. The lowest BCUT2D eigenvalue weighted by Gasteiger charge is -2.15. The van der Waals surface area contributed by atoms with Crippen LogP contribution in [-0.2, 0) is 20.9 Å². The molecule has 10 nitrogen and oxygen atoms in total. The normalized spacial score (nSPS) is 11.8. The van der Waals surface area contributed by atoms with Crippen molar-refractivity contribution in [3.63, 3.8) is 0 Å². The molecule has 1 unspecified atom stereocenters. The molecule has 0 radical (unpaired) electrons. The Bertz CT molecular complexity index is 581. The molecule has 1 aromatic rings. The van der Waals surface area contributed by atoms with Gasteiger partial charge in [0, 0.05) is 26.6 Å². The highest BCUT2D eigenvalue weighted by Crippen LogP contribution is 2.07. The molecule has 0 aliphatic carbocycles. The zero-order chi connectivity index (χ0) is 21.3. The Balaban J connectivity index is 2.11. The predicted molar refractivity (Wildman–Crippen MR) is 107 cm³/mol. The van der Waals surface area contributed by atoms with Crippen LogP contribution < -0.4 is 15.4 Å². The standard InChI is InChI=1S/C19H35N5O5/c1-3-4-5-6-7-11-24-13-19(22-23-24)29-12-9-17(26)20-10-8-18(27)21-16(14-25)15-28-2/h13,16,25H,3-12,14-15H2,1-2H3,(H,20,26)(H,21,27). The van der Waals surface area contributed by atoms with Crippen molar-refractivity contribution in [2.24, 2.45) is 0 Å². The average molecular weight is 414 g/mol. The van der Waals surface area contributed by atoms with E-state index < -0.39 is 6.04 Å². The van der Waals surface area contributed by atoms with Gasteiger partial charge in [0.1, 0.15) is 0 Å². The molecule has 166 valence electrons. The van der Waals surface area contributed by atoms with Gasteiger partial charge in [0.25, 0.3) is 5.88 Å². The summed E-state index contributed by atoms with van der Waals surface area (Å²) in [5.74, 6) is -0.0698. The van der Waals surface area contributed by atoms with Crippen LogP contribution in [0.25, 0.3) is 0 Å². The minimum absolute atomic E-state index is 0.124. The molecule has 0 saturated heterocycles. The fraction of sp³-hybridized carbons (Fsp3) is 0.789. The van der Waals surface area contributed by atoms with Crippen LogP contribution in [0.2, 0.25) is 0 Å². The van der Waals surface area contributed by atoms with Crippen LogP contribution in [0.15, 0.2) is 6.20 Å². The highest BCUT2D eigenvalue weighted by Gasteiger charge is 2.11. The first-order valence-electron chi connectivity index (χ1n) is 10.3. The maximum atomic E-state index is 11.8. The Hall–Kier alpha value is -2.20. The average Bonchev–Trinajstić information content (AvgIpc) is 3.15. The van der Waals surface area contributed by atoms with Gasteiger partial charge >= 0.3 is 0 Å². The molecule has 0 fully saturated rings. The third-order valence-electron chi connectivity index (χ3n) is 4.22. The Morgan fingerprint density at radius 3 is 2.72 bits per heavy atom. The summed E-state index contributed by atoms with van der Waals surface area (Å²) in [5, 5.41) is 22.3. The minimum atomic E-state index is -0.443. The zero-order valence-electron chi connectivity index (χ0n) is 17.6. The number of nitrogens with zero attached hydrogens (tertiary/aromatic N) is 3. The van der Waals surface area contributed by atoms with E-state index in [9.17, 15) is 9.59 Å². The lowest BCUT2D eigenvalue weighted by molar-refractivity contribution is -0.123. The van der Waals surface area contributed by atoms with Crippen LogP contribution in [0.1, 0.15) is 51.9 Å². The van der Waals surface area contributed by atoms with Gasteiger partial charge in [-0.25, -0.2) is 4.68 Å². The van der Waals surface area contributed by atoms with Gasteiger partial charge in [-0.3, -0.25) is 9.59 Å². The molecule has 1 rings (SSSR count). The van der Waals surface area contributed by atoms with Crippen molar-refractivity contribution in [1.82, 2.24) is 25.6 Å². The smallest absolute Gasteiger partial charge is 0.253 e. The number of amides is 2. The molecular formula is C19H35N5O5. The number of carbonyl (C=O) groups excluding carboxylic acids is 2. The van der Waals surface area contributed by atoms with Gasteiger partial charge < -0.3 is 25.2 Å². The summed E-state index contributed by atoms with van der Waals surface area (Å²) >= 11 is 0. The number of ether oxygens (including phenoxy) is 2. The van der Waals surface area contributed by atoms with Gasteiger partial charge in [-0.1, -0.05) is 42.9 Å². The van der Waals surface area contributed by atoms with Crippen molar-refractivity contribution in [2.45, 2.75) is 64.5 Å². The van der Waals surface area contributed by atoms with E-state index in [0.29, 0.717) is 5.88 Å². The molecule has 0 bridgehead atoms. The number of aryl methyl sites for hydroxylation is 1. The summed E-state index contributed by atoms with van der Waals surface area (Å²) < 4.78 is 12.1. The number of unbranched alkanes of at least 4 members (excludes halogenated alkanes) is 4. The van der Waals surface area contributed by atoms with Crippen molar-refractivity contribution >= 4 is 11.8 Å². The monoisotopic (exact) mass is 413 g/mol. The number of aromatic nitrogens is 3. The Morgan fingerprint density at radius 1 is 1.21 bits per heavy atom. The van der Waals surface area contributed by atoms with E-state index in [1.54, 1.807) is 10.9 Å². The second-order valence-electron chi connectivity index (χ2n) is 6.83. The molecule has 0 aliphatic heterocycles. The number of carbonyl (C=O) groups is 2. The molecule has 0 saturated carbocycles. The van der Waals surface area contributed by atoms with Crippen molar-refractivity contribution in [3.8, 4) is 5.88 Å². The second kappa shape index (κ2) is 15.7. The minimum Gasteiger partial charge on any atom is -0.475 e. The quantitative estimate of drug-likeness (QED) is 0.320. The molecule has 3 N–H and O–H groups in total. The second-order valence-corrected chi connectivity index (χ2v) is 6.83. The van der Waals surface area contributed by atoms with E-state index in [1.807, 2.05) is 0 Å². The van der Waals surface area contributed by atoms with E-state index in [2.05, 4.69) is 27.9 Å². The van der Waals surface area contributed by atoms with E-state index >= 15 is 0 Å². The molecule has 0 aromatic carbocycles. The van der Waals surface area contributed by atoms with Gasteiger partial charge in [-0.2, -0.15) is 0 Å². The van der Waals surface area contributed by atoms with E-state index in [4.69, 9.17) is 14.6 Å². The van der Waals surface area contributed by atoms with Gasteiger partial charge in [-0.15, -0.1) is 0 Å². The van der Waals surface area contributed by atoms with Crippen LogP contribution in [0.4, 0.5) is 0 Å². The van der Waals surface area contributed by atoms with Crippen LogP contribution >= 0.6 is 0 Å². The topological polar surface area (TPSA) is 128 Å². The Morgan fingerprint density at radius 2 is 2.00 bits per heavy atom. The number of aliphatic hydroxyl groups is 1. The van der Waals surface area contributed by atoms with Gasteiger partial charge in [-0.05, 0) is 6.42 Å². The van der Waals surface area contributed by atoms with E-state index in [1.165, 1.54) is 32.8 Å². The molecular weight excluding hydrogens is 378 g/mol.